The predicted molar refractivity (Wildman–Crippen MR) is 77.7 cm³/mol. The van der Waals surface area contributed by atoms with Crippen LogP contribution in [0, 0.1) is 18.6 Å². The van der Waals surface area contributed by atoms with Crippen molar-refractivity contribution in [3.8, 4) is 11.5 Å². The maximum atomic E-state index is 13.2. The fraction of sp³-hybridized carbons (Fsp3) is 0.250. The molecule has 0 spiro atoms. The molecule has 5 heteroatoms. The number of anilines is 1. The average molecular weight is 293 g/mol. The molecule has 0 radical (unpaired) electrons. The molecule has 0 saturated carbocycles. The first-order chi connectivity index (χ1) is 10.0. The number of nitrogens with one attached hydrogen (secondary N) is 1. The summed E-state index contributed by atoms with van der Waals surface area (Å²) in [6, 6.07) is 7.79. The van der Waals surface area contributed by atoms with Crippen LogP contribution >= 0.6 is 0 Å². The molecule has 21 heavy (non-hydrogen) atoms. The van der Waals surface area contributed by atoms with Crippen molar-refractivity contribution in [1.29, 1.82) is 0 Å². The van der Waals surface area contributed by atoms with E-state index in [0.29, 0.717) is 12.2 Å². The molecule has 0 atom stereocenters. The van der Waals surface area contributed by atoms with Gasteiger partial charge in [0.2, 0.25) is 0 Å². The summed E-state index contributed by atoms with van der Waals surface area (Å²) in [6.07, 6.45) is 0. The first kappa shape index (κ1) is 15.1. The van der Waals surface area contributed by atoms with Crippen molar-refractivity contribution >= 4 is 5.69 Å². The van der Waals surface area contributed by atoms with Crippen LogP contribution in [0.5, 0.6) is 11.5 Å². The van der Waals surface area contributed by atoms with E-state index < -0.39 is 17.4 Å². The van der Waals surface area contributed by atoms with Gasteiger partial charge in [0.25, 0.3) is 0 Å². The van der Waals surface area contributed by atoms with E-state index in [2.05, 4.69) is 5.32 Å². The lowest BCUT2D eigenvalue weighted by Crippen LogP contribution is -2.03. The molecule has 2 aromatic carbocycles. The maximum Gasteiger partial charge on any atom is 0.187 e. The van der Waals surface area contributed by atoms with Crippen molar-refractivity contribution in [3.63, 3.8) is 0 Å². The molecule has 0 saturated heterocycles. The molecule has 0 amide bonds. The van der Waals surface area contributed by atoms with Crippen molar-refractivity contribution in [1.82, 2.24) is 0 Å². The summed E-state index contributed by atoms with van der Waals surface area (Å²) in [5.74, 6) is -2.09. The number of rotatable bonds is 5. The first-order valence-corrected chi connectivity index (χ1v) is 6.65. The van der Waals surface area contributed by atoms with Gasteiger partial charge in [-0.05, 0) is 55.3 Å². The number of phenolic OH excluding ortho intramolecular Hbond substituents is 1. The Hall–Kier alpha value is -2.30. The summed E-state index contributed by atoms with van der Waals surface area (Å²) in [6.45, 7) is 4.68. The summed E-state index contributed by atoms with van der Waals surface area (Å²) >= 11 is 0. The number of benzene rings is 2. The molecule has 3 nitrogen and oxygen atoms in total. The second kappa shape index (κ2) is 6.43. The van der Waals surface area contributed by atoms with Crippen molar-refractivity contribution in [3.05, 3.63) is 53.1 Å². The molecule has 2 rings (SSSR count). The van der Waals surface area contributed by atoms with Crippen LogP contribution in [-0.4, -0.2) is 11.7 Å². The average Bonchev–Trinajstić information content (AvgIpc) is 2.44. The van der Waals surface area contributed by atoms with Crippen LogP contribution in [0.1, 0.15) is 18.1 Å². The van der Waals surface area contributed by atoms with Gasteiger partial charge in [0.15, 0.2) is 17.4 Å². The smallest absolute Gasteiger partial charge is 0.187 e. The zero-order valence-electron chi connectivity index (χ0n) is 11.9. The minimum atomic E-state index is -0.963. The SMILES string of the molecule is CCOc1ccc(NCc2cc(F)c(O)c(F)c2)c(C)c1. The number of hydrogen-bond donors (Lipinski definition) is 2. The number of phenols is 1. The van der Waals surface area contributed by atoms with E-state index in [0.717, 1.165) is 29.1 Å². The van der Waals surface area contributed by atoms with Crippen molar-refractivity contribution in [2.75, 3.05) is 11.9 Å². The molecule has 2 aromatic rings. The zero-order chi connectivity index (χ0) is 15.4. The third kappa shape index (κ3) is 3.62. The van der Waals surface area contributed by atoms with E-state index in [4.69, 9.17) is 9.84 Å². The molecule has 0 fully saturated rings. The first-order valence-electron chi connectivity index (χ1n) is 6.65. The van der Waals surface area contributed by atoms with Crippen LogP contribution in [0.15, 0.2) is 30.3 Å². The van der Waals surface area contributed by atoms with Gasteiger partial charge in [-0.3, -0.25) is 0 Å². The predicted octanol–water partition coefficient (Wildman–Crippen LogP) is 3.99. The van der Waals surface area contributed by atoms with Crippen LogP contribution < -0.4 is 10.1 Å². The monoisotopic (exact) mass is 293 g/mol. The highest BCUT2D eigenvalue weighted by molar-refractivity contribution is 5.54. The zero-order valence-corrected chi connectivity index (χ0v) is 11.9. The van der Waals surface area contributed by atoms with Gasteiger partial charge >= 0.3 is 0 Å². The Kier molecular flexibility index (Phi) is 4.62. The molecule has 0 aromatic heterocycles. The van der Waals surface area contributed by atoms with E-state index in [1.807, 2.05) is 32.0 Å². The number of halogens is 2. The molecule has 0 aliphatic carbocycles. The van der Waals surface area contributed by atoms with E-state index in [-0.39, 0.29) is 6.54 Å². The lowest BCUT2D eigenvalue weighted by Gasteiger charge is -2.12. The van der Waals surface area contributed by atoms with Gasteiger partial charge in [-0.1, -0.05) is 0 Å². The number of aromatic hydroxyl groups is 1. The van der Waals surface area contributed by atoms with Crippen LogP contribution in [0.4, 0.5) is 14.5 Å². The van der Waals surface area contributed by atoms with E-state index in [1.54, 1.807) is 0 Å². The topological polar surface area (TPSA) is 41.5 Å². The fourth-order valence-electron chi connectivity index (χ4n) is 2.01. The summed E-state index contributed by atoms with van der Waals surface area (Å²) in [5.41, 5.74) is 2.24. The highest BCUT2D eigenvalue weighted by Crippen LogP contribution is 2.24. The highest BCUT2D eigenvalue weighted by Gasteiger charge is 2.09. The second-order valence-corrected chi connectivity index (χ2v) is 4.67. The number of aryl methyl sites for hydroxylation is 1. The second-order valence-electron chi connectivity index (χ2n) is 4.67. The molecule has 0 aliphatic heterocycles. The molecular weight excluding hydrogens is 276 g/mol. The molecular formula is C16H17F2NO2. The minimum absolute atomic E-state index is 0.253. The van der Waals surface area contributed by atoms with Gasteiger partial charge in [0, 0.05) is 12.2 Å². The Balaban J connectivity index is 2.09. The van der Waals surface area contributed by atoms with Crippen LogP contribution in [0.2, 0.25) is 0 Å². The molecule has 0 bridgehead atoms. The summed E-state index contributed by atoms with van der Waals surface area (Å²) in [7, 11) is 0. The summed E-state index contributed by atoms with van der Waals surface area (Å²) in [4.78, 5) is 0. The number of hydrogen-bond acceptors (Lipinski definition) is 3. The normalized spacial score (nSPS) is 10.5. The largest absolute Gasteiger partial charge is 0.503 e. The Morgan fingerprint density at radius 1 is 1.14 bits per heavy atom. The molecule has 2 N–H and O–H groups in total. The van der Waals surface area contributed by atoms with Crippen molar-refractivity contribution in [2.45, 2.75) is 20.4 Å². The Labute approximate surface area is 122 Å². The van der Waals surface area contributed by atoms with Crippen LogP contribution in [0.25, 0.3) is 0 Å². The Morgan fingerprint density at radius 2 is 1.81 bits per heavy atom. The van der Waals surface area contributed by atoms with Gasteiger partial charge in [-0.2, -0.15) is 0 Å². The number of ether oxygens (including phenoxy) is 1. The molecule has 0 heterocycles. The van der Waals surface area contributed by atoms with Gasteiger partial charge < -0.3 is 15.2 Å². The third-order valence-corrected chi connectivity index (χ3v) is 3.07. The standard InChI is InChI=1S/C16H17F2NO2/c1-3-21-12-4-5-15(10(2)6-12)19-9-11-7-13(17)16(20)14(18)8-11/h4-8,19-20H,3,9H2,1-2H3. The lowest BCUT2D eigenvalue weighted by molar-refractivity contribution is 0.340. The fourth-order valence-corrected chi connectivity index (χ4v) is 2.01. The Morgan fingerprint density at radius 3 is 2.38 bits per heavy atom. The van der Waals surface area contributed by atoms with Gasteiger partial charge in [-0.25, -0.2) is 8.78 Å². The quantitative estimate of drug-likeness (QED) is 0.876. The van der Waals surface area contributed by atoms with E-state index in [9.17, 15) is 8.78 Å². The van der Waals surface area contributed by atoms with Crippen LogP contribution in [0.3, 0.4) is 0 Å². The summed E-state index contributed by atoms with van der Waals surface area (Å²) in [5, 5.41) is 12.2. The van der Waals surface area contributed by atoms with Crippen molar-refractivity contribution < 1.29 is 18.6 Å². The molecule has 0 aliphatic rings. The van der Waals surface area contributed by atoms with E-state index >= 15 is 0 Å². The Bertz CT molecular complexity index is 621. The van der Waals surface area contributed by atoms with Gasteiger partial charge in [0.05, 0.1) is 6.61 Å². The molecule has 0 unspecified atom stereocenters. The highest BCUT2D eigenvalue weighted by atomic mass is 19.1. The van der Waals surface area contributed by atoms with E-state index in [1.165, 1.54) is 0 Å². The lowest BCUT2D eigenvalue weighted by atomic mass is 10.1. The maximum absolute atomic E-state index is 13.2. The van der Waals surface area contributed by atoms with Gasteiger partial charge in [-0.15, -0.1) is 0 Å². The minimum Gasteiger partial charge on any atom is -0.503 e. The van der Waals surface area contributed by atoms with Gasteiger partial charge in [0.1, 0.15) is 5.75 Å². The third-order valence-electron chi connectivity index (χ3n) is 3.07. The van der Waals surface area contributed by atoms with Crippen LogP contribution in [-0.2, 0) is 6.54 Å². The summed E-state index contributed by atoms with van der Waals surface area (Å²) < 4.78 is 31.9. The molecule has 112 valence electrons. The van der Waals surface area contributed by atoms with Crippen molar-refractivity contribution in [2.24, 2.45) is 0 Å².